The molecule has 1 atom stereocenters. The average Bonchev–Trinajstić information content (AvgIpc) is 2.38. The largest absolute Gasteiger partial charge is 0.385 e. The van der Waals surface area contributed by atoms with E-state index >= 15 is 0 Å². The molecule has 0 radical (unpaired) electrons. The van der Waals surface area contributed by atoms with Crippen molar-refractivity contribution in [1.29, 1.82) is 0 Å². The van der Waals surface area contributed by atoms with Gasteiger partial charge in [-0.1, -0.05) is 19.9 Å². The third-order valence-corrected chi connectivity index (χ3v) is 3.36. The van der Waals surface area contributed by atoms with Crippen molar-refractivity contribution in [3.63, 3.8) is 0 Å². The van der Waals surface area contributed by atoms with E-state index in [1.54, 1.807) is 0 Å². The molecule has 1 amide bonds. The molecule has 0 aliphatic heterocycles. The Morgan fingerprint density at radius 3 is 2.50 bits per heavy atom. The Bertz CT molecular complexity index is 429. The van der Waals surface area contributed by atoms with Gasteiger partial charge in [0, 0.05) is 23.8 Å². The summed E-state index contributed by atoms with van der Waals surface area (Å²) in [5, 5.41) is 6.26. The van der Waals surface area contributed by atoms with Gasteiger partial charge in [-0.25, -0.2) is 0 Å². The fourth-order valence-electron chi connectivity index (χ4n) is 1.96. The Labute approximate surface area is 122 Å². The molecule has 0 aliphatic carbocycles. The summed E-state index contributed by atoms with van der Waals surface area (Å²) in [6.07, 6.45) is 0. The van der Waals surface area contributed by atoms with E-state index in [1.165, 1.54) is 0 Å². The van der Waals surface area contributed by atoms with Crippen molar-refractivity contribution in [2.45, 2.75) is 33.7 Å². The molecule has 0 saturated carbocycles. The monoisotopic (exact) mass is 277 g/mol. The standard InChI is InChI=1S/C16H27N3O/c1-11(2)14(9-17)10-18-15-7-5-6-13(8-15)16(20)19-12(3)4/h5-8,11-12,14,18H,9-10,17H2,1-4H3,(H,19,20). The number of hydrogen-bond donors (Lipinski definition) is 3. The molecule has 0 fully saturated rings. The van der Waals surface area contributed by atoms with Crippen molar-refractivity contribution < 1.29 is 4.79 Å². The smallest absolute Gasteiger partial charge is 0.251 e. The number of anilines is 1. The zero-order valence-corrected chi connectivity index (χ0v) is 12.9. The fraction of sp³-hybridized carbons (Fsp3) is 0.562. The van der Waals surface area contributed by atoms with Crippen LogP contribution in [-0.4, -0.2) is 25.0 Å². The predicted molar refractivity (Wildman–Crippen MR) is 84.9 cm³/mol. The van der Waals surface area contributed by atoms with Gasteiger partial charge in [0.15, 0.2) is 0 Å². The zero-order valence-electron chi connectivity index (χ0n) is 12.9. The highest BCUT2D eigenvalue weighted by atomic mass is 16.1. The summed E-state index contributed by atoms with van der Waals surface area (Å²) in [4.78, 5) is 12.0. The molecule has 0 bridgehead atoms. The lowest BCUT2D eigenvalue weighted by molar-refractivity contribution is 0.0943. The van der Waals surface area contributed by atoms with Crippen molar-refractivity contribution >= 4 is 11.6 Å². The number of rotatable bonds is 7. The molecule has 0 saturated heterocycles. The summed E-state index contributed by atoms with van der Waals surface area (Å²) >= 11 is 0. The summed E-state index contributed by atoms with van der Waals surface area (Å²) in [7, 11) is 0. The van der Waals surface area contributed by atoms with Gasteiger partial charge in [-0.15, -0.1) is 0 Å². The van der Waals surface area contributed by atoms with Gasteiger partial charge in [0.05, 0.1) is 0 Å². The molecular formula is C16H27N3O. The second-order valence-corrected chi connectivity index (χ2v) is 5.83. The number of amides is 1. The second kappa shape index (κ2) is 7.90. The van der Waals surface area contributed by atoms with Crippen molar-refractivity contribution in [3.05, 3.63) is 29.8 Å². The van der Waals surface area contributed by atoms with E-state index in [2.05, 4.69) is 24.5 Å². The number of nitrogens with one attached hydrogen (secondary N) is 2. The quantitative estimate of drug-likeness (QED) is 0.717. The molecule has 4 nitrogen and oxygen atoms in total. The van der Waals surface area contributed by atoms with Crippen LogP contribution in [0, 0.1) is 11.8 Å². The highest BCUT2D eigenvalue weighted by molar-refractivity contribution is 5.95. The number of carbonyl (C=O) groups is 1. The van der Waals surface area contributed by atoms with Gasteiger partial charge < -0.3 is 16.4 Å². The van der Waals surface area contributed by atoms with Crippen LogP contribution >= 0.6 is 0 Å². The second-order valence-electron chi connectivity index (χ2n) is 5.83. The lowest BCUT2D eigenvalue weighted by Crippen LogP contribution is -2.30. The van der Waals surface area contributed by atoms with Gasteiger partial charge >= 0.3 is 0 Å². The molecule has 1 unspecified atom stereocenters. The topological polar surface area (TPSA) is 67.2 Å². The molecule has 0 heterocycles. The Balaban J connectivity index is 2.66. The van der Waals surface area contributed by atoms with Crippen LogP contribution < -0.4 is 16.4 Å². The van der Waals surface area contributed by atoms with Crippen LogP contribution in [0.4, 0.5) is 5.69 Å². The zero-order chi connectivity index (χ0) is 15.1. The van der Waals surface area contributed by atoms with Crippen LogP contribution in [0.25, 0.3) is 0 Å². The number of nitrogens with two attached hydrogens (primary N) is 1. The SMILES string of the molecule is CC(C)NC(=O)c1cccc(NCC(CN)C(C)C)c1. The van der Waals surface area contributed by atoms with E-state index < -0.39 is 0 Å². The molecule has 1 aromatic rings. The van der Waals surface area contributed by atoms with Crippen LogP contribution in [0.3, 0.4) is 0 Å². The molecule has 20 heavy (non-hydrogen) atoms. The van der Waals surface area contributed by atoms with Crippen molar-refractivity contribution in [2.75, 3.05) is 18.4 Å². The van der Waals surface area contributed by atoms with Crippen molar-refractivity contribution in [2.24, 2.45) is 17.6 Å². The van der Waals surface area contributed by atoms with Gasteiger partial charge in [0.2, 0.25) is 0 Å². The maximum Gasteiger partial charge on any atom is 0.251 e. The molecule has 112 valence electrons. The van der Waals surface area contributed by atoms with Crippen LogP contribution in [0.15, 0.2) is 24.3 Å². The van der Waals surface area contributed by atoms with E-state index in [0.717, 1.165) is 12.2 Å². The molecule has 1 aromatic carbocycles. The Hall–Kier alpha value is -1.55. The lowest BCUT2D eigenvalue weighted by atomic mass is 9.96. The van der Waals surface area contributed by atoms with E-state index in [-0.39, 0.29) is 11.9 Å². The molecule has 4 heteroatoms. The van der Waals surface area contributed by atoms with Gasteiger partial charge in [-0.05, 0) is 50.4 Å². The summed E-state index contributed by atoms with van der Waals surface area (Å²) in [6.45, 7) is 9.74. The third kappa shape index (κ3) is 5.21. The molecule has 4 N–H and O–H groups in total. The summed E-state index contributed by atoms with van der Waals surface area (Å²) < 4.78 is 0. The minimum Gasteiger partial charge on any atom is -0.385 e. The molecule has 0 aromatic heterocycles. The Morgan fingerprint density at radius 2 is 1.95 bits per heavy atom. The summed E-state index contributed by atoms with van der Waals surface area (Å²) in [5.74, 6) is 0.936. The minimum absolute atomic E-state index is 0.0390. The van der Waals surface area contributed by atoms with Crippen LogP contribution in [0.1, 0.15) is 38.1 Å². The van der Waals surface area contributed by atoms with E-state index in [1.807, 2.05) is 38.1 Å². The minimum atomic E-state index is -0.0390. The first-order valence-electron chi connectivity index (χ1n) is 7.29. The fourth-order valence-corrected chi connectivity index (χ4v) is 1.96. The van der Waals surface area contributed by atoms with Crippen LogP contribution in [0.5, 0.6) is 0 Å². The van der Waals surface area contributed by atoms with Crippen molar-refractivity contribution in [3.8, 4) is 0 Å². The Kier molecular flexibility index (Phi) is 6.52. The highest BCUT2D eigenvalue weighted by Gasteiger charge is 2.12. The molecule has 0 aliphatic rings. The highest BCUT2D eigenvalue weighted by Crippen LogP contribution is 2.14. The number of carbonyl (C=O) groups excluding carboxylic acids is 1. The van der Waals surface area contributed by atoms with Gasteiger partial charge in [0.1, 0.15) is 0 Å². The summed E-state index contributed by atoms with van der Waals surface area (Å²) in [6, 6.07) is 7.71. The van der Waals surface area contributed by atoms with E-state index in [9.17, 15) is 4.79 Å². The maximum atomic E-state index is 12.0. The predicted octanol–water partition coefficient (Wildman–Crippen LogP) is 2.47. The third-order valence-electron chi connectivity index (χ3n) is 3.36. The molecule has 0 spiro atoms. The molecular weight excluding hydrogens is 250 g/mol. The van der Waals surface area contributed by atoms with Crippen LogP contribution in [-0.2, 0) is 0 Å². The van der Waals surface area contributed by atoms with E-state index in [4.69, 9.17) is 5.73 Å². The first kappa shape index (κ1) is 16.5. The van der Waals surface area contributed by atoms with Gasteiger partial charge in [-0.3, -0.25) is 4.79 Å². The van der Waals surface area contributed by atoms with Crippen molar-refractivity contribution in [1.82, 2.24) is 5.32 Å². The number of hydrogen-bond acceptors (Lipinski definition) is 3. The first-order chi connectivity index (χ1) is 9.43. The van der Waals surface area contributed by atoms with E-state index in [0.29, 0.717) is 23.9 Å². The van der Waals surface area contributed by atoms with Crippen LogP contribution in [0.2, 0.25) is 0 Å². The number of benzene rings is 1. The average molecular weight is 277 g/mol. The lowest BCUT2D eigenvalue weighted by Gasteiger charge is -2.20. The molecule has 1 rings (SSSR count). The first-order valence-corrected chi connectivity index (χ1v) is 7.29. The normalized spacial score (nSPS) is 12.6. The maximum absolute atomic E-state index is 12.0. The summed E-state index contributed by atoms with van der Waals surface area (Å²) in [5.41, 5.74) is 7.40. The Morgan fingerprint density at radius 1 is 1.25 bits per heavy atom. The van der Waals surface area contributed by atoms with Gasteiger partial charge in [-0.2, -0.15) is 0 Å². The van der Waals surface area contributed by atoms with Gasteiger partial charge in [0.25, 0.3) is 5.91 Å².